The van der Waals surface area contributed by atoms with Gasteiger partial charge in [0, 0.05) is 0 Å². The van der Waals surface area contributed by atoms with Crippen LogP contribution in [0, 0.1) is 6.92 Å². The van der Waals surface area contributed by atoms with E-state index < -0.39 is 0 Å². The zero-order valence-corrected chi connectivity index (χ0v) is 2.19. The predicted molar refractivity (Wildman–Crippen MR) is 13.4 cm³/mol. The van der Waals surface area contributed by atoms with Gasteiger partial charge >= 0.3 is 0 Å². The molecule has 0 spiro atoms. The molecule has 0 aromatic rings. The third-order valence-electron chi connectivity index (χ3n) is 0.285. The summed E-state index contributed by atoms with van der Waals surface area (Å²) < 4.78 is 0. The molecule has 2 heteroatoms. The number of nitrogens with one attached hydrogen (secondary N) is 1. The van der Waals surface area contributed by atoms with Crippen molar-refractivity contribution in [3.63, 3.8) is 0 Å². The molecule has 0 aliphatic carbocycles. The molecule has 1 aliphatic heterocycles. The highest BCUT2D eigenvalue weighted by Crippen LogP contribution is 1.91. The smallest absolute Gasteiger partial charge is 0.151 e. The summed E-state index contributed by atoms with van der Waals surface area (Å²) >= 11 is 0. The van der Waals surface area contributed by atoms with Crippen LogP contribution in [-0.2, 0) is 4.84 Å². The Labute approximate surface area is 24.7 Å². The van der Waals surface area contributed by atoms with E-state index in [2.05, 4.69) is 17.2 Å². The van der Waals surface area contributed by atoms with Crippen molar-refractivity contribution in [2.45, 2.75) is 6.23 Å². The SMILES string of the molecule is [CH2]C1NO1. The topological polar surface area (TPSA) is 34.5 Å². The van der Waals surface area contributed by atoms with Crippen molar-refractivity contribution in [1.29, 1.82) is 0 Å². The van der Waals surface area contributed by atoms with E-state index in [0.717, 1.165) is 0 Å². The van der Waals surface area contributed by atoms with Gasteiger partial charge < -0.3 is 0 Å². The monoisotopic (exact) mass is 58.0 g/mol. The van der Waals surface area contributed by atoms with E-state index in [0.29, 0.717) is 0 Å². The molecule has 1 rings (SSSR count). The van der Waals surface area contributed by atoms with E-state index in [4.69, 9.17) is 0 Å². The highest BCUT2D eigenvalue weighted by atomic mass is 16.8. The lowest BCUT2D eigenvalue weighted by Gasteiger charge is -1.45. The van der Waals surface area contributed by atoms with Crippen molar-refractivity contribution >= 4 is 0 Å². The third kappa shape index (κ3) is 0.191. The maximum Gasteiger partial charge on any atom is 0.151 e. The summed E-state index contributed by atoms with van der Waals surface area (Å²) in [4.78, 5) is 4.35. The van der Waals surface area contributed by atoms with Gasteiger partial charge in [-0.15, -0.1) is 0 Å². The molecule has 1 atom stereocenters. The molecule has 0 amide bonds. The van der Waals surface area contributed by atoms with Gasteiger partial charge in [0.1, 0.15) is 0 Å². The first kappa shape index (κ1) is 2.18. The predicted octanol–water partition coefficient (Wildman–Crippen LogP) is -0.319. The van der Waals surface area contributed by atoms with Crippen LogP contribution in [0.5, 0.6) is 0 Å². The second-order valence-corrected chi connectivity index (χ2v) is 0.724. The van der Waals surface area contributed by atoms with Crippen LogP contribution in [-0.4, -0.2) is 6.23 Å². The minimum absolute atomic E-state index is 0.0833. The Morgan fingerprint density at radius 3 is 2.25 bits per heavy atom. The molecule has 2 nitrogen and oxygen atoms in total. The summed E-state index contributed by atoms with van der Waals surface area (Å²) in [7, 11) is 0. The Morgan fingerprint density at radius 2 is 2.25 bits per heavy atom. The minimum atomic E-state index is 0.0833. The van der Waals surface area contributed by atoms with Crippen molar-refractivity contribution < 1.29 is 4.84 Å². The fourth-order valence-corrected chi connectivity index (χ4v) is 0.0481. The first-order valence-electron chi connectivity index (χ1n) is 1.14. The lowest BCUT2D eigenvalue weighted by Crippen LogP contribution is -1.73. The van der Waals surface area contributed by atoms with E-state index in [-0.39, 0.29) is 6.23 Å². The number of hydrogen-bond acceptors (Lipinski definition) is 2. The van der Waals surface area contributed by atoms with Crippen molar-refractivity contribution in [2.75, 3.05) is 0 Å². The van der Waals surface area contributed by atoms with E-state index in [9.17, 15) is 0 Å². The van der Waals surface area contributed by atoms with Crippen molar-refractivity contribution in [3.05, 3.63) is 6.92 Å². The second-order valence-electron chi connectivity index (χ2n) is 0.724. The fraction of sp³-hybridized carbons (Fsp3) is 0.500. The molecular formula is C2H4NO. The van der Waals surface area contributed by atoms with Crippen LogP contribution in [0.25, 0.3) is 0 Å². The van der Waals surface area contributed by atoms with Crippen LogP contribution in [0.2, 0.25) is 0 Å². The summed E-state index contributed by atoms with van der Waals surface area (Å²) in [5.74, 6) is 0. The lowest BCUT2D eigenvalue weighted by molar-refractivity contribution is 0.390. The molecule has 1 saturated heterocycles. The molecule has 1 aliphatic rings. The van der Waals surface area contributed by atoms with Crippen LogP contribution in [0.3, 0.4) is 0 Å². The third-order valence-corrected chi connectivity index (χ3v) is 0.285. The molecular weight excluding hydrogens is 54.0 g/mol. The summed E-state index contributed by atoms with van der Waals surface area (Å²) in [6.07, 6.45) is 0.0833. The Bertz CT molecular complexity index is 25.2. The van der Waals surface area contributed by atoms with Gasteiger partial charge in [0.25, 0.3) is 0 Å². The molecule has 23 valence electrons. The van der Waals surface area contributed by atoms with Crippen LogP contribution in [0.15, 0.2) is 0 Å². The first-order chi connectivity index (χ1) is 1.89. The van der Waals surface area contributed by atoms with Crippen molar-refractivity contribution in [1.82, 2.24) is 5.48 Å². The van der Waals surface area contributed by atoms with E-state index in [1.807, 2.05) is 0 Å². The van der Waals surface area contributed by atoms with E-state index in [1.54, 1.807) is 0 Å². The van der Waals surface area contributed by atoms with Gasteiger partial charge in [0.15, 0.2) is 6.23 Å². The molecule has 1 unspecified atom stereocenters. The molecule has 4 heavy (non-hydrogen) atoms. The maximum absolute atomic E-state index is 4.35. The molecule has 1 N–H and O–H groups in total. The van der Waals surface area contributed by atoms with Crippen LogP contribution >= 0.6 is 0 Å². The largest absolute Gasteiger partial charge is 0.278 e. The van der Waals surface area contributed by atoms with Gasteiger partial charge in [-0.1, -0.05) is 0 Å². The molecule has 1 radical (unpaired) electrons. The number of hydrogen-bond donors (Lipinski definition) is 1. The van der Waals surface area contributed by atoms with Crippen LogP contribution in [0.4, 0.5) is 0 Å². The maximum atomic E-state index is 4.35. The average molecular weight is 58.1 g/mol. The zero-order valence-electron chi connectivity index (χ0n) is 2.19. The lowest BCUT2D eigenvalue weighted by atomic mass is 10.8. The minimum Gasteiger partial charge on any atom is -0.278 e. The summed E-state index contributed by atoms with van der Waals surface area (Å²) in [5, 5.41) is 0. The van der Waals surface area contributed by atoms with Crippen LogP contribution < -0.4 is 5.48 Å². The molecule has 0 bridgehead atoms. The molecule has 0 saturated carbocycles. The van der Waals surface area contributed by atoms with Gasteiger partial charge in [0.2, 0.25) is 0 Å². The van der Waals surface area contributed by atoms with Gasteiger partial charge in [-0.3, -0.25) is 4.84 Å². The molecule has 0 aromatic heterocycles. The van der Waals surface area contributed by atoms with E-state index in [1.165, 1.54) is 0 Å². The van der Waals surface area contributed by atoms with Crippen molar-refractivity contribution in [3.8, 4) is 0 Å². The second kappa shape index (κ2) is 0.445. The van der Waals surface area contributed by atoms with Crippen molar-refractivity contribution in [2.24, 2.45) is 0 Å². The van der Waals surface area contributed by atoms with Gasteiger partial charge in [-0.2, -0.15) is 5.48 Å². The fourth-order valence-electron chi connectivity index (χ4n) is 0.0481. The number of rotatable bonds is 0. The Hall–Kier alpha value is -0.0800. The zero-order chi connectivity index (χ0) is 2.99. The average Bonchev–Trinajstić information content (AvgIpc) is 1.75. The molecule has 1 heterocycles. The Kier molecular flexibility index (Phi) is 0.242. The summed E-state index contributed by atoms with van der Waals surface area (Å²) in [5.41, 5.74) is 2.49. The normalized spacial score (nSPS) is 39.8. The molecule has 1 fully saturated rings. The first-order valence-corrected chi connectivity index (χ1v) is 1.14. The van der Waals surface area contributed by atoms with Gasteiger partial charge in [0.05, 0.1) is 0 Å². The number of hydroxylamine groups is 1. The van der Waals surface area contributed by atoms with Gasteiger partial charge in [-0.05, 0) is 6.92 Å². The summed E-state index contributed by atoms with van der Waals surface area (Å²) in [6.45, 7) is 3.42. The standard InChI is InChI=1S/C2H4NO/c1-2-3-4-2/h2-3H,1H2. The highest BCUT2D eigenvalue weighted by Gasteiger charge is 2.12. The molecule has 0 aromatic carbocycles. The summed E-state index contributed by atoms with van der Waals surface area (Å²) in [6, 6.07) is 0. The van der Waals surface area contributed by atoms with Crippen LogP contribution in [0.1, 0.15) is 0 Å². The van der Waals surface area contributed by atoms with Gasteiger partial charge in [-0.25, -0.2) is 0 Å². The van der Waals surface area contributed by atoms with E-state index >= 15 is 0 Å². The highest BCUT2D eigenvalue weighted by molar-refractivity contribution is 4.56. The Morgan fingerprint density at radius 1 is 2.00 bits per heavy atom. The Balaban J connectivity index is 2.17. The quantitative estimate of drug-likeness (QED) is 0.387.